The van der Waals surface area contributed by atoms with Crippen LogP contribution >= 0.6 is 0 Å². The van der Waals surface area contributed by atoms with Crippen molar-refractivity contribution in [3.63, 3.8) is 0 Å². The van der Waals surface area contributed by atoms with Crippen LogP contribution < -0.4 is 5.32 Å². The summed E-state index contributed by atoms with van der Waals surface area (Å²) < 4.78 is 7.20. The zero-order valence-electron chi connectivity index (χ0n) is 11.4. The third-order valence-corrected chi connectivity index (χ3v) is 3.67. The first-order valence-corrected chi connectivity index (χ1v) is 6.75. The maximum absolute atomic E-state index is 5.10. The molecule has 0 aliphatic carbocycles. The molecule has 0 spiro atoms. The molecule has 0 amide bonds. The Kier molecular flexibility index (Phi) is 5.01. The lowest BCUT2D eigenvalue weighted by atomic mass is 10.0. The Bertz CT molecular complexity index is 353. The first kappa shape index (κ1) is 13.4. The van der Waals surface area contributed by atoms with Crippen LogP contribution in [0.3, 0.4) is 0 Å². The first-order valence-electron chi connectivity index (χ1n) is 6.75. The third kappa shape index (κ3) is 3.46. The number of imidazole rings is 1. The number of piperidine rings is 1. The Morgan fingerprint density at radius 1 is 1.50 bits per heavy atom. The van der Waals surface area contributed by atoms with Gasteiger partial charge in [-0.3, -0.25) is 0 Å². The van der Waals surface area contributed by atoms with Crippen molar-refractivity contribution < 1.29 is 4.74 Å². The van der Waals surface area contributed by atoms with Gasteiger partial charge in [-0.15, -0.1) is 0 Å². The molecule has 0 radical (unpaired) electrons. The number of rotatable bonds is 6. The van der Waals surface area contributed by atoms with Crippen LogP contribution in [-0.4, -0.2) is 54.3 Å². The SMILES string of the molecule is COCCn1ccnc1NCC1CCCCN1C. The van der Waals surface area contributed by atoms with E-state index in [9.17, 15) is 0 Å². The number of hydrogen-bond donors (Lipinski definition) is 1. The van der Waals surface area contributed by atoms with Gasteiger partial charge in [-0.25, -0.2) is 4.98 Å². The molecule has 1 aromatic heterocycles. The molecular weight excluding hydrogens is 228 g/mol. The fraction of sp³-hybridized carbons (Fsp3) is 0.769. The predicted octanol–water partition coefficient (Wildman–Crippen LogP) is 1.43. The highest BCUT2D eigenvalue weighted by Crippen LogP contribution is 2.15. The van der Waals surface area contributed by atoms with E-state index < -0.39 is 0 Å². The fourth-order valence-corrected chi connectivity index (χ4v) is 2.46. The average Bonchev–Trinajstić information content (AvgIpc) is 2.83. The molecule has 0 saturated carbocycles. The van der Waals surface area contributed by atoms with Crippen LogP contribution in [0.5, 0.6) is 0 Å². The van der Waals surface area contributed by atoms with Gasteiger partial charge in [0.25, 0.3) is 0 Å². The third-order valence-electron chi connectivity index (χ3n) is 3.67. The van der Waals surface area contributed by atoms with Crippen LogP contribution in [-0.2, 0) is 11.3 Å². The van der Waals surface area contributed by atoms with Gasteiger partial charge in [0.05, 0.1) is 6.61 Å². The molecule has 1 unspecified atom stereocenters. The summed E-state index contributed by atoms with van der Waals surface area (Å²) in [6.45, 7) is 3.75. The molecule has 18 heavy (non-hydrogen) atoms. The summed E-state index contributed by atoms with van der Waals surface area (Å²) in [6.07, 6.45) is 7.78. The number of anilines is 1. The smallest absolute Gasteiger partial charge is 0.202 e. The standard InChI is InChI=1S/C13H24N4O/c1-16-7-4-3-5-12(16)11-15-13-14-6-8-17(13)9-10-18-2/h6,8,12H,3-5,7,9-11H2,1-2H3,(H,14,15). The number of likely N-dealkylation sites (N-methyl/N-ethyl adjacent to an activating group) is 1. The van der Waals surface area contributed by atoms with E-state index in [2.05, 4.69) is 26.8 Å². The van der Waals surface area contributed by atoms with E-state index >= 15 is 0 Å². The molecule has 5 heteroatoms. The number of hydrogen-bond acceptors (Lipinski definition) is 4. The Balaban J connectivity index is 1.83. The molecule has 0 bridgehead atoms. The van der Waals surface area contributed by atoms with Gasteiger partial charge in [-0.1, -0.05) is 6.42 Å². The molecule has 0 aromatic carbocycles. The van der Waals surface area contributed by atoms with Crippen LogP contribution in [0.4, 0.5) is 5.95 Å². The van der Waals surface area contributed by atoms with Crippen LogP contribution in [0.15, 0.2) is 12.4 Å². The molecule has 1 aromatic rings. The van der Waals surface area contributed by atoms with Gasteiger partial charge >= 0.3 is 0 Å². The van der Waals surface area contributed by atoms with E-state index in [1.54, 1.807) is 7.11 Å². The van der Waals surface area contributed by atoms with Crippen molar-refractivity contribution in [3.05, 3.63) is 12.4 Å². The first-order chi connectivity index (χ1) is 8.81. The summed E-state index contributed by atoms with van der Waals surface area (Å²) in [5.41, 5.74) is 0. The van der Waals surface area contributed by atoms with Crippen LogP contribution in [0.2, 0.25) is 0 Å². The Labute approximate surface area is 109 Å². The Hall–Kier alpha value is -1.07. The Morgan fingerprint density at radius 2 is 2.39 bits per heavy atom. The van der Waals surface area contributed by atoms with Gasteiger partial charge in [0.1, 0.15) is 0 Å². The molecule has 2 heterocycles. The molecule has 1 N–H and O–H groups in total. The summed E-state index contributed by atoms with van der Waals surface area (Å²) in [4.78, 5) is 6.80. The maximum atomic E-state index is 5.10. The van der Waals surface area contributed by atoms with Crippen LogP contribution in [0.25, 0.3) is 0 Å². The molecule has 1 aliphatic heterocycles. The topological polar surface area (TPSA) is 42.3 Å². The highest BCUT2D eigenvalue weighted by atomic mass is 16.5. The van der Waals surface area contributed by atoms with Crippen molar-refractivity contribution in [2.75, 3.05) is 39.2 Å². The number of aromatic nitrogens is 2. The molecular formula is C13H24N4O. The van der Waals surface area contributed by atoms with Gasteiger partial charge in [0.15, 0.2) is 0 Å². The van der Waals surface area contributed by atoms with Crippen molar-refractivity contribution in [1.29, 1.82) is 0 Å². The molecule has 5 nitrogen and oxygen atoms in total. The molecule has 2 rings (SSSR count). The molecule has 1 fully saturated rings. The summed E-state index contributed by atoms with van der Waals surface area (Å²) in [5, 5.41) is 3.46. The second kappa shape index (κ2) is 6.75. The summed E-state index contributed by atoms with van der Waals surface area (Å²) in [6, 6.07) is 0.631. The highest BCUT2D eigenvalue weighted by Gasteiger charge is 2.18. The zero-order valence-corrected chi connectivity index (χ0v) is 11.4. The monoisotopic (exact) mass is 252 g/mol. The van der Waals surface area contributed by atoms with E-state index in [1.165, 1.54) is 25.8 Å². The molecule has 1 atom stereocenters. The molecule has 1 saturated heterocycles. The van der Waals surface area contributed by atoms with Crippen molar-refractivity contribution in [2.45, 2.75) is 31.8 Å². The number of nitrogens with one attached hydrogen (secondary N) is 1. The maximum Gasteiger partial charge on any atom is 0.202 e. The molecule has 102 valence electrons. The lowest BCUT2D eigenvalue weighted by molar-refractivity contribution is 0.187. The van der Waals surface area contributed by atoms with Gasteiger partial charge in [-0.2, -0.15) is 0 Å². The van der Waals surface area contributed by atoms with Crippen molar-refractivity contribution in [3.8, 4) is 0 Å². The largest absolute Gasteiger partial charge is 0.383 e. The van der Waals surface area contributed by atoms with Crippen LogP contribution in [0.1, 0.15) is 19.3 Å². The highest BCUT2D eigenvalue weighted by molar-refractivity contribution is 5.26. The zero-order chi connectivity index (χ0) is 12.8. The number of likely N-dealkylation sites (tertiary alicyclic amines) is 1. The molecule has 1 aliphatic rings. The van der Waals surface area contributed by atoms with E-state index in [0.29, 0.717) is 12.6 Å². The van der Waals surface area contributed by atoms with Crippen molar-refractivity contribution in [2.24, 2.45) is 0 Å². The number of methoxy groups -OCH3 is 1. The quantitative estimate of drug-likeness (QED) is 0.831. The van der Waals surface area contributed by atoms with Crippen molar-refractivity contribution in [1.82, 2.24) is 14.5 Å². The van der Waals surface area contributed by atoms with Crippen molar-refractivity contribution >= 4 is 5.95 Å². The fourth-order valence-electron chi connectivity index (χ4n) is 2.46. The normalized spacial score (nSPS) is 21.1. The Morgan fingerprint density at radius 3 is 3.17 bits per heavy atom. The number of ether oxygens (including phenoxy) is 1. The van der Waals surface area contributed by atoms with Gasteiger partial charge in [-0.05, 0) is 26.4 Å². The average molecular weight is 252 g/mol. The minimum absolute atomic E-state index is 0.631. The van der Waals surface area contributed by atoms with Gasteiger partial charge in [0.2, 0.25) is 5.95 Å². The number of nitrogens with zero attached hydrogens (tertiary/aromatic N) is 3. The van der Waals surface area contributed by atoms with E-state index in [-0.39, 0.29) is 0 Å². The lowest BCUT2D eigenvalue weighted by Crippen LogP contribution is -2.41. The van der Waals surface area contributed by atoms with Crippen LogP contribution in [0, 0.1) is 0 Å². The van der Waals surface area contributed by atoms with Gasteiger partial charge in [0, 0.05) is 38.6 Å². The summed E-state index contributed by atoms with van der Waals surface area (Å²) in [7, 11) is 3.93. The minimum atomic E-state index is 0.631. The second-order valence-electron chi connectivity index (χ2n) is 4.95. The lowest BCUT2D eigenvalue weighted by Gasteiger charge is -2.32. The summed E-state index contributed by atoms with van der Waals surface area (Å²) >= 11 is 0. The minimum Gasteiger partial charge on any atom is -0.383 e. The second-order valence-corrected chi connectivity index (χ2v) is 4.95. The summed E-state index contributed by atoms with van der Waals surface area (Å²) in [5.74, 6) is 0.950. The van der Waals surface area contributed by atoms with E-state index in [0.717, 1.165) is 19.0 Å². The predicted molar refractivity (Wildman–Crippen MR) is 72.9 cm³/mol. The van der Waals surface area contributed by atoms with E-state index in [1.807, 2.05) is 12.4 Å². The van der Waals surface area contributed by atoms with E-state index in [4.69, 9.17) is 4.74 Å². The van der Waals surface area contributed by atoms with Gasteiger partial charge < -0.3 is 19.5 Å².